The third kappa shape index (κ3) is 3.44. The van der Waals surface area contributed by atoms with Gasteiger partial charge < -0.3 is 5.73 Å². The fourth-order valence-electron chi connectivity index (χ4n) is 0.790. The molecule has 72 valence electrons. The van der Waals surface area contributed by atoms with Crippen LogP contribution < -0.4 is 5.73 Å². The zero-order chi connectivity index (χ0) is 9.84. The van der Waals surface area contributed by atoms with E-state index in [-0.39, 0.29) is 0 Å². The van der Waals surface area contributed by atoms with Crippen molar-refractivity contribution < 1.29 is 0 Å². The number of hydrogen-bond acceptors (Lipinski definition) is 3. The van der Waals surface area contributed by atoms with E-state index in [0.717, 1.165) is 10.8 Å². The van der Waals surface area contributed by atoms with Gasteiger partial charge >= 0.3 is 0 Å². The van der Waals surface area contributed by atoms with Crippen molar-refractivity contribution in [1.29, 1.82) is 0 Å². The summed E-state index contributed by atoms with van der Waals surface area (Å²) in [5.41, 5.74) is 6.44. The Morgan fingerprint density at radius 3 is 2.85 bits per heavy atom. The lowest BCUT2D eigenvalue weighted by atomic mass is 10.3. The van der Waals surface area contributed by atoms with Gasteiger partial charge in [-0.2, -0.15) is 0 Å². The Balaban J connectivity index is 2.70. The summed E-state index contributed by atoms with van der Waals surface area (Å²) in [6.07, 6.45) is 0. The summed E-state index contributed by atoms with van der Waals surface area (Å²) in [7, 11) is 0. The van der Waals surface area contributed by atoms with E-state index in [0.29, 0.717) is 16.8 Å². The van der Waals surface area contributed by atoms with Gasteiger partial charge in [-0.25, -0.2) is 4.98 Å². The smallest absolute Gasteiger partial charge is 0.130 e. The van der Waals surface area contributed by atoms with Gasteiger partial charge in [-0.1, -0.05) is 25.4 Å². The number of hydrogen-bond donors (Lipinski definition) is 1. The Labute approximate surface area is 87.9 Å². The third-order valence-electron chi connectivity index (χ3n) is 1.41. The molecule has 0 amide bonds. The minimum Gasteiger partial charge on any atom is -0.397 e. The average molecular weight is 217 g/mol. The molecule has 13 heavy (non-hydrogen) atoms. The molecular weight excluding hydrogens is 204 g/mol. The highest BCUT2D eigenvalue weighted by Crippen LogP contribution is 2.25. The van der Waals surface area contributed by atoms with Crippen molar-refractivity contribution in [2.24, 2.45) is 5.92 Å². The van der Waals surface area contributed by atoms with Gasteiger partial charge in [-0.05, 0) is 18.1 Å². The van der Waals surface area contributed by atoms with Gasteiger partial charge in [-0.3, -0.25) is 0 Å². The number of pyridine rings is 1. The highest BCUT2D eigenvalue weighted by molar-refractivity contribution is 7.99. The molecule has 0 fully saturated rings. The summed E-state index contributed by atoms with van der Waals surface area (Å²) in [6.45, 7) is 4.32. The Kier molecular flexibility index (Phi) is 3.88. The van der Waals surface area contributed by atoms with Crippen LogP contribution in [0, 0.1) is 5.92 Å². The Morgan fingerprint density at radius 2 is 2.23 bits per heavy atom. The maximum Gasteiger partial charge on any atom is 0.130 e. The maximum absolute atomic E-state index is 5.75. The molecule has 0 aliphatic carbocycles. The molecular formula is C9H13ClN2S. The fourth-order valence-corrected chi connectivity index (χ4v) is 1.88. The van der Waals surface area contributed by atoms with E-state index in [1.54, 1.807) is 23.9 Å². The summed E-state index contributed by atoms with van der Waals surface area (Å²) in [5.74, 6) is 1.64. The molecule has 0 aliphatic heterocycles. The summed E-state index contributed by atoms with van der Waals surface area (Å²) in [6, 6.07) is 3.49. The highest BCUT2D eigenvalue weighted by atomic mass is 35.5. The fraction of sp³-hybridized carbons (Fsp3) is 0.444. The van der Waals surface area contributed by atoms with Crippen LogP contribution in [-0.2, 0) is 0 Å². The van der Waals surface area contributed by atoms with E-state index in [1.807, 2.05) is 0 Å². The second-order valence-electron chi connectivity index (χ2n) is 3.23. The van der Waals surface area contributed by atoms with Gasteiger partial charge in [0.15, 0.2) is 0 Å². The number of anilines is 1. The van der Waals surface area contributed by atoms with E-state index in [4.69, 9.17) is 17.3 Å². The van der Waals surface area contributed by atoms with Crippen molar-refractivity contribution in [3.05, 3.63) is 17.3 Å². The molecule has 2 N–H and O–H groups in total. The molecule has 4 heteroatoms. The second-order valence-corrected chi connectivity index (χ2v) is 4.63. The second kappa shape index (κ2) is 4.72. The molecule has 1 aromatic rings. The molecule has 0 atom stereocenters. The first-order valence-electron chi connectivity index (χ1n) is 4.14. The predicted molar refractivity (Wildman–Crippen MR) is 59.2 cm³/mol. The lowest BCUT2D eigenvalue weighted by Crippen LogP contribution is -1.96. The number of aromatic nitrogens is 1. The first-order chi connectivity index (χ1) is 6.09. The average Bonchev–Trinajstić information content (AvgIpc) is 2.06. The van der Waals surface area contributed by atoms with Gasteiger partial charge in [0.05, 0.1) is 5.69 Å². The molecule has 1 rings (SSSR count). The van der Waals surface area contributed by atoms with Crippen LogP contribution in [0.3, 0.4) is 0 Å². The van der Waals surface area contributed by atoms with E-state index in [1.165, 1.54) is 0 Å². The molecule has 0 aliphatic rings. The monoisotopic (exact) mass is 216 g/mol. The molecule has 0 radical (unpaired) electrons. The van der Waals surface area contributed by atoms with E-state index in [2.05, 4.69) is 18.8 Å². The number of nitrogens with zero attached hydrogens (tertiary/aromatic N) is 1. The van der Waals surface area contributed by atoms with Crippen LogP contribution in [0.25, 0.3) is 0 Å². The molecule has 0 bridgehead atoms. The minimum absolute atomic E-state index is 0.500. The third-order valence-corrected chi connectivity index (χ3v) is 3.05. The van der Waals surface area contributed by atoms with Gasteiger partial charge in [-0.15, -0.1) is 11.8 Å². The normalized spacial score (nSPS) is 10.8. The summed E-state index contributed by atoms with van der Waals surface area (Å²) < 4.78 is 0. The van der Waals surface area contributed by atoms with Crippen LogP contribution >= 0.6 is 23.4 Å². The Bertz CT molecular complexity index is 289. The number of nitrogens with two attached hydrogens (primary N) is 1. The molecule has 1 aromatic heterocycles. The van der Waals surface area contributed by atoms with Crippen molar-refractivity contribution in [1.82, 2.24) is 4.98 Å². The summed E-state index contributed by atoms with van der Waals surface area (Å²) >= 11 is 7.40. The largest absolute Gasteiger partial charge is 0.397 e. The Morgan fingerprint density at radius 1 is 1.54 bits per heavy atom. The molecule has 0 saturated carbocycles. The number of thioether (sulfide) groups is 1. The van der Waals surface area contributed by atoms with Crippen LogP contribution in [0.5, 0.6) is 0 Å². The van der Waals surface area contributed by atoms with Crippen LogP contribution in [0.1, 0.15) is 13.8 Å². The highest BCUT2D eigenvalue weighted by Gasteiger charge is 2.03. The summed E-state index contributed by atoms with van der Waals surface area (Å²) in [5, 5.41) is 1.33. The topological polar surface area (TPSA) is 38.9 Å². The Hall–Kier alpha value is -0.410. The predicted octanol–water partition coefficient (Wildman–Crippen LogP) is 3.07. The lowest BCUT2D eigenvalue weighted by Gasteiger charge is -2.06. The van der Waals surface area contributed by atoms with Gasteiger partial charge in [0.25, 0.3) is 0 Å². The van der Waals surface area contributed by atoms with Gasteiger partial charge in [0.1, 0.15) is 10.2 Å². The van der Waals surface area contributed by atoms with Crippen molar-refractivity contribution in [3.63, 3.8) is 0 Å². The zero-order valence-corrected chi connectivity index (χ0v) is 9.32. The van der Waals surface area contributed by atoms with Crippen LogP contribution in [0.4, 0.5) is 5.69 Å². The van der Waals surface area contributed by atoms with E-state index in [9.17, 15) is 0 Å². The summed E-state index contributed by atoms with van der Waals surface area (Å²) in [4.78, 5) is 4.15. The van der Waals surface area contributed by atoms with Crippen LogP contribution in [-0.4, -0.2) is 10.7 Å². The van der Waals surface area contributed by atoms with E-state index >= 15 is 0 Å². The standard InChI is InChI=1S/C9H13ClN2S/c1-6(2)5-13-9-7(11)3-4-8(10)12-9/h3-4,6H,5,11H2,1-2H3. The lowest BCUT2D eigenvalue weighted by molar-refractivity contribution is 0.749. The molecule has 1 heterocycles. The SMILES string of the molecule is CC(C)CSc1nc(Cl)ccc1N. The van der Waals surface area contributed by atoms with Gasteiger partial charge in [0, 0.05) is 5.75 Å². The van der Waals surface area contributed by atoms with Gasteiger partial charge in [0.2, 0.25) is 0 Å². The quantitative estimate of drug-likeness (QED) is 0.624. The van der Waals surface area contributed by atoms with E-state index < -0.39 is 0 Å². The van der Waals surface area contributed by atoms with Crippen molar-refractivity contribution in [2.45, 2.75) is 18.9 Å². The van der Waals surface area contributed by atoms with Crippen LogP contribution in [0.15, 0.2) is 17.2 Å². The maximum atomic E-state index is 5.75. The molecule has 0 unspecified atom stereocenters. The molecule has 0 aromatic carbocycles. The van der Waals surface area contributed by atoms with Crippen molar-refractivity contribution in [3.8, 4) is 0 Å². The van der Waals surface area contributed by atoms with Crippen molar-refractivity contribution in [2.75, 3.05) is 11.5 Å². The first kappa shape index (κ1) is 10.7. The molecule has 0 saturated heterocycles. The minimum atomic E-state index is 0.500. The molecule has 2 nitrogen and oxygen atoms in total. The molecule has 0 spiro atoms. The first-order valence-corrected chi connectivity index (χ1v) is 5.50. The van der Waals surface area contributed by atoms with Crippen LogP contribution in [0.2, 0.25) is 5.15 Å². The number of halogens is 1. The zero-order valence-electron chi connectivity index (χ0n) is 7.75. The van der Waals surface area contributed by atoms with Crippen molar-refractivity contribution >= 4 is 29.1 Å². The number of nitrogen functional groups attached to an aromatic ring is 1. The number of rotatable bonds is 3.